The zero-order valence-electron chi connectivity index (χ0n) is 49.3. The average molecular weight is 1220 g/mol. The van der Waals surface area contributed by atoms with E-state index < -0.39 is 0 Å². The highest BCUT2D eigenvalue weighted by molar-refractivity contribution is 9.10. The lowest BCUT2D eigenvalue weighted by atomic mass is 9.78. The number of fused-ring (bicyclic) bond motifs is 10. The second-order valence-electron chi connectivity index (χ2n) is 23.8. The van der Waals surface area contributed by atoms with Crippen molar-refractivity contribution in [1.82, 2.24) is 0 Å². The third-order valence-corrected chi connectivity index (χ3v) is 18.8. The van der Waals surface area contributed by atoms with Crippen LogP contribution < -0.4 is 5.46 Å². The first-order valence-corrected chi connectivity index (χ1v) is 30.9. The van der Waals surface area contributed by atoms with Gasteiger partial charge in [0.15, 0.2) is 0 Å². The molecule has 89 heavy (non-hydrogen) atoms. The normalized spacial score (nSPS) is 13.4. The first-order chi connectivity index (χ1) is 43.0. The van der Waals surface area contributed by atoms with Crippen LogP contribution in [0.4, 0.5) is 0 Å². The van der Waals surface area contributed by atoms with Crippen molar-refractivity contribution >= 4 is 115 Å². The van der Waals surface area contributed by atoms with Crippen LogP contribution in [0.1, 0.15) is 35.1 Å². The summed E-state index contributed by atoms with van der Waals surface area (Å²) in [4.78, 5) is 0. The third-order valence-electron chi connectivity index (χ3n) is 17.9. The summed E-state index contributed by atoms with van der Waals surface area (Å²) in [6, 6.07) is 103. The van der Waals surface area contributed by atoms with E-state index in [1.54, 1.807) is 0 Å². The summed E-state index contributed by atoms with van der Waals surface area (Å²) in [5.41, 5.74) is 16.2. The maximum absolute atomic E-state index is 6.29. The van der Waals surface area contributed by atoms with E-state index >= 15 is 0 Å². The van der Waals surface area contributed by atoms with Crippen LogP contribution in [-0.4, -0.2) is 18.3 Å². The van der Waals surface area contributed by atoms with Gasteiger partial charge in [-0.05, 0) is 190 Å². The van der Waals surface area contributed by atoms with Gasteiger partial charge >= 0.3 is 7.12 Å². The Kier molecular flexibility index (Phi) is 15.0. The van der Waals surface area contributed by atoms with Crippen molar-refractivity contribution in [2.24, 2.45) is 0 Å². The Morgan fingerprint density at radius 3 is 0.899 bits per heavy atom. The van der Waals surface area contributed by atoms with Crippen LogP contribution in [0.3, 0.4) is 0 Å². The van der Waals surface area contributed by atoms with Gasteiger partial charge in [0.1, 0.15) is 22.3 Å². The maximum Gasteiger partial charge on any atom is 0.494 e. The molecule has 0 amide bonds. The average Bonchev–Trinajstić information content (AvgIpc) is 1.06. The minimum Gasteiger partial charge on any atom is -0.456 e. The second kappa shape index (κ2) is 23.4. The van der Waals surface area contributed by atoms with Gasteiger partial charge in [-0.25, -0.2) is 0 Å². The van der Waals surface area contributed by atoms with Crippen molar-refractivity contribution < 1.29 is 18.1 Å². The van der Waals surface area contributed by atoms with Gasteiger partial charge in [0.05, 0.1) is 11.2 Å². The first-order valence-electron chi connectivity index (χ1n) is 30.1. The zero-order chi connectivity index (χ0) is 59.5. The highest BCUT2D eigenvalue weighted by Crippen LogP contribution is 2.46. The van der Waals surface area contributed by atoms with E-state index in [1.165, 1.54) is 103 Å². The van der Waals surface area contributed by atoms with Gasteiger partial charge in [-0.15, -0.1) is 0 Å². The Morgan fingerprint density at radius 1 is 0.258 bits per heavy atom. The number of hydrogen-bond donors (Lipinski definition) is 0. The highest BCUT2D eigenvalue weighted by atomic mass is 79.9. The number of hydrogen-bond acceptors (Lipinski definition) is 4. The Balaban J connectivity index is 0.000000122. The molecule has 0 radical (unpaired) electrons. The Bertz CT molecular complexity index is 5150. The molecule has 0 bridgehead atoms. The van der Waals surface area contributed by atoms with Gasteiger partial charge in [-0.1, -0.05) is 256 Å². The summed E-state index contributed by atoms with van der Waals surface area (Å²) in [5.74, 6) is 0. The molecule has 16 aromatic rings. The number of benzene rings is 14. The molecule has 0 spiro atoms. The number of furan rings is 2. The van der Waals surface area contributed by atoms with Gasteiger partial charge in [-0.3, -0.25) is 0 Å². The quantitative estimate of drug-likeness (QED) is 0.123. The molecule has 0 saturated carbocycles. The SMILES string of the molecule is Brc1c2ccccc2c(-c2ccccc2)c2ccccc12.C.CC1(C)OB(c2ccc3oc4ccc(-c5ccccc5)cc4c3c2)OC1(C)C.c1ccc(-c2ccc3oc4ccc(-c5c6ccccc6c(-c6ccccc6)c6ccccc56)cc4c3c2)cc1. The lowest BCUT2D eigenvalue weighted by Gasteiger charge is -2.32. The summed E-state index contributed by atoms with van der Waals surface area (Å²) >= 11 is 3.79. The Hall–Kier alpha value is -9.82. The van der Waals surface area contributed by atoms with Crippen LogP contribution in [-0.2, 0) is 9.31 Å². The van der Waals surface area contributed by atoms with Crippen molar-refractivity contribution in [3.8, 4) is 55.6 Å². The van der Waals surface area contributed by atoms with Gasteiger partial charge in [0.25, 0.3) is 0 Å². The maximum atomic E-state index is 6.29. The largest absolute Gasteiger partial charge is 0.494 e. The molecule has 430 valence electrons. The van der Waals surface area contributed by atoms with Crippen molar-refractivity contribution in [3.05, 3.63) is 296 Å². The molecule has 1 aliphatic heterocycles. The molecule has 0 N–H and O–H groups in total. The topological polar surface area (TPSA) is 44.7 Å². The molecule has 0 atom stereocenters. The molecule has 2 aromatic heterocycles. The fourth-order valence-electron chi connectivity index (χ4n) is 12.8. The van der Waals surface area contributed by atoms with E-state index in [9.17, 15) is 0 Å². The molecule has 14 aromatic carbocycles. The summed E-state index contributed by atoms with van der Waals surface area (Å²) in [7, 11) is -0.378. The van der Waals surface area contributed by atoms with E-state index in [2.05, 4.69) is 311 Å². The van der Waals surface area contributed by atoms with Crippen LogP contribution in [0.2, 0.25) is 0 Å². The van der Waals surface area contributed by atoms with Crippen LogP contribution in [0.15, 0.2) is 304 Å². The standard InChI is InChI=1S/C38H24O.C24H23BO3.C20H13Br.CH4/c1-3-11-25(12-4-1)27-19-21-35-33(23-27)34-24-28(20-22-36(34)39-35)38-31-17-9-7-15-29(31)37(26-13-5-2-6-14-26)30-16-8-10-18-32(30)38;1-23(2)24(3,4)28-25(27-23)18-11-13-22-20(15-18)19-14-17(10-12-21(19)26-22)16-8-6-5-7-9-16;21-20-17-12-6-4-10-15(17)19(14-8-2-1-3-9-14)16-11-5-7-13-18(16)20;/h1-24H;5-15H,1-4H3;1-13H;1H4. The third kappa shape index (κ3) is 10.4. The minimum absolute atomic E-state index is 0. The monoisotopic (exact) mass is 1210 g/mol. The van der Waals surface area contributed by atoms with E-state index in [1.807, 2.05) is 24.3 Å². The second-order valence-corrected chi connectivity index (χ2v) is 24.6. The first kappa shape index (κ1) is 57.0. The van der Waals surface area contributed by atoms with Crippen LogP contribution >= 0.6 is 15.9 Å². The predicted molar refractivity (Wildman–Crippen MR) is 381 cm³/mol. The van der Waals surface area contributed by atoms with Crippen LogP contribution in [0, 0.1) is 0 Å². The molecule has 0 aliphatic carbocycles. The van der Waals surface area contributed by atoms with Crippen molar-refractivity contribution in [1.29, 1.82) is 0 Å². The van der Waals surface area contributed by atoms with Gasteiger partial charge in [-0.2, -0.15) is 0 Å². The molecule has 1 fully saturated rings. The van der Waals surface area contributed by atoms with E-state index in [-0.39, 0.29) is 25.7 Å². The summed E-state index contributed by atoms with van der Waals surface area (Å²) < 4.78 is 26.0. The van der Waals surface area contributed by atoms with E-state index in [4.69, 9.17) is 18.1 Å². The smallest absolute Gasteiger partial charge is 0.456 e. The molecule has 4 nitrogen and oxygen atoms in total. The van der Waals surface area contributed by atoms with Crippen molar-refractivity contribution in [3.63, 3.8) is 0 Å². The summed E-state index contributed by atoms with van der Waals surface area (Å²) in [6.45, 7) is 8.30. The van der Waals surface area contributed by atoms with Crippen molar-refractivity contribution in [2.75, 3.05) is 0 Å². The molecule has 17 rings (SSSR count). The molecule has 1 aliphatic rings. The van der Waals surface area contributed by atoms with Crippen LogP contribution in [0.5, 0.6) is 0 Å². The molecule has 6 heteroatoms. The Morgan fingerprint density at radius 2 is 0.528 bits per heavy atom. The minimum atomic E-state index is -0.378. The number of rotatable bonds is 6. The highest BCUT2D eigenvalue weighted by Gasteiger charge is 2.51. The fraction of sp³-hybridized carbons (Fsp3) is 0.0843. The molecule has 0 unspecified atom stereocenters. The predicted octanol–water partition coefficient (Wildman–Crippen LogP) is 23.5. The lowest BCUT2D eigenvalue weighted by molar-refractivity contribution is 0.00578. The van der Waals surface area contributed by atoms with E-state index in [0.29, 0.717) is 0 Å². The molecule has 3 heterocycles. The molecule has 1 saturated heterocycles. The fourth-order valence-corrected chi connectivity index (χ4v) is 13.5. The molecular weight excluding hydrogens is 1150 g/mol. The summed E-state index contributed by atoms with van der Waals surface area (Å²) in [5, 5.41) is 14.6. The lowest BCUT2D eigenvalue weighted by Crippen LogP contribution is -2.41. The van der Waals surface area contributed by atoms with Crippen molar-refractivity contribution in [2.45, 2.75) is 46.3 Å². The van der Waals surface area contributed by atoms with Crippen LogP contribution in [0.25, 0.3) is 143 Å². The van der Waals surface area contributed by atoms with Gasteiger partial charge in [0.2, 0.25) is 0 Å². The Labute approximate surface area is 527 Å². The van der Waals surface area contributed by atoms with Gasteiger partial charge in [0, 0.05) is 26.0 Å². The zero-order valence-corrected chi connectivity index (χ0v) is 50.9. The van der Waals surface area contributed by atoms with E-state index in [0.717, 1.165) is 49.3 Å². The summed E-state index contributed by atoms with van der Waals surface area (Å²) in [6.07, 6.45) is 0. The number of halogens is 1. The molecular formula is C83H64BBrO4. The van der Waals surface area contributed by atoms with Gasteiger partial charge < -0.3 is 18.1 Å².